The number of imidazole rings is 4. The number of hydrogen-bond acceptors (Lipinski definition) is 9. The number of aromatic nitrogens is 8. The molecule has 0 spiro atoms. The van der Waals surface area contributed by atoms with Gasteiger partial charge in [-0.05, 0) is 147 Å². The standard InChI is InChI=1S/C37H46N6O4.C28H31N5.CH4/c1-23-31(41-33(39-23)30-11-9-21-43(30)35(45)47-37(5,6)7)27-18-14-25(15-19-27)24-12-16-26(17-13-24)28-22-38-32(40-28)29-10-8-20-42(29)34(44)46-36(2,3)4;1-18-26(33-28(31-18)24-7-4-16-29-24)22-14-10-20(11-15-22)19-8-12-21(13-9-19)25-17-30-27(32-25)23-5-2-3-6-23;/h12-19,22,29-30H,8-11,20-21H2,1-7H3,(H,38,40)(H,39,41);8-15,17,23-24,29H,2-7,16H2,1H3,(H,30,32)(H,31,33);1H4/t29-,30-;24-;/m00./s1. The third-order valence-corrected chi connectivity index (χ3v) is 15.9. The van der Waals surface area contributed by atoms with Gasteiger partial charge in [0.2, 0.25) is 0 Å². The number of carbonyl (C=O) groups is 2. The summed E-state index contributed by atoms with van der Waals surface area (Å²) in [4.78, 5) is 62.3. The second-order valence-corrected chi connectivity index (χ2v) is 24.2. The molecule has 3 saturated heterocycles. The largest absolute Gasteiger partial charge is 0.444 e. The van der Waals surface area contributed by atoms with Gasteiger partial charge in [0.15, 0.2) is 0 Å². The molecule has 4 aromatic heterocycles. The van der Waals surface area contributed by atoms with E-state index in [9.17, 15) is 9.59 Å². The molecule has 2 amide bonds. The van der Waals surface area contributed by atoms with Crippen LogP contribution in [0.5, 0.6) is 0 Å². The minimum absolute atomic E-state index is 0. The van der Waals surface area contributed by atoms with E-state index in [2.05, 4.69) is 139 Å². The number of rotatable bonds is 10. The Bertz CT molecular complexity index is 3400. The van der Waals surface area contributed by atoms with Crippen LogP contribution >= 0.6 is 0 Å². The molecule has 3 atom stereocenters. The summed E-state index contributed by atoms with van der Waals surface area (Å²) in [7, 11) is 0. The van der Waals surface area contributed by atoms with Gasteiger partial charge in [0.05, 0.1) is 53.3 Å². The first-order valence-electron chi connectivity index (χ1n) is 28.9. The highest BCUT2D eigenvalue weighted by molar-refractivity contribution is 5.75. The Kier molecular flexibility index (Phi) is 16.6. The number of nitrogens with one attached hydrogen (secondary N) is 5. The van der Waals surface area contributed by atoms with Crippen LogP contribution in [0.4, 0.5) is 9.59 Å². The predicted molar refractivity (Wildman–Crippen MR) is 321 cm³/mol. The van der Waals surface area contributed by atoms with Gasteiger partial charge in [-0.15, -0.1) is 0 Å². The smallest absolute Gasteiger partial charge is 0.410 e. The van der Waals surface area contributed by atoms with Gasteiger partial charge in [0.1, 0.15) is 34.5 Å². The Hall–Kier alpha value is -7.78. The zero-order chi connectivity index (χ0) is 55.7. The highest BCUT2D eigenvalue weighted by Crippen LogP contribution is 2.38. The minimum atomic E-state index is -0.540. The highest BCUT2D eigenvalue weighted by Gasteiger charge is 2.37. The predicted octanol–water partition coefficient (Wildman–Crippen LogP) is 15.7. The quantitative estimate of drug-likeness (QED) is 0.0889. The van der Waals surface area contributed by atoms with Gasteiger partial charge in [-0.25, -0.2) is 29.5 Å². The zero-order valence-electron chi connectivity index (χ0n) is 47.7. The summed E-state index contributed by atoms with van der Waals surface area (Å²) in [6.45, 7) is 17.9. The molecule has 424 valence electrons. The number of aryl methyl sites for hydroxylation is 2. The number of aromatic amines is 4. The van der Waals surface area contributed by atoms with E-state index in [4.69, 9.17) is 19.4 Å². The Morgan fingerprint density at radius 3 is 1.31 bits per heavy atom. The fourth-order valence-electron chi connectivity index (χ4n) is 11.8. The lowest BCUT2D eigenvalue weighted by Gasteiger charge is -2.27. The molecular formula is C66H81N11O4. The van der Waals surface area contributed by atoms with Gasteiger partial charge in [0, 0.05) is 41.5 Å². The normalized spacial score (nSPS) is 18.4. The lowest BCUT2D eigenvalue weighted by Crippen LogP contribution is -2.36. The van der Waals surface area contributed by atoms with Crippen LogP contribution in [0.3, 0.4) is 0 Å². The number of carbonyl (C=O) groups excluding carboxylic acids is 2. The van der Waals surface area contributed by atoms with Crippen molar-refractivity contribution in [3.05, 3.63) is 144 Å². The SMILES string of the molecule is C.Cc1[nH]c([C@@H]2CCCN2)nc1-c1ccc(-c2ccc(-c3cnc(C4CCCC4)[nH]3)cc2)cc1.Cc1[nH]c([C@@H]2CCCN2C(=O)OC(C)(C)C)nc1-c1ccc(-c2ccc(-c3cnc([C@@H]4CCCN4C(=O)OC(C)(C)C)[nH]3)cc2)cc1. The first-order chi connectivity index (χ1) is 38.5. The molecular weight excluding hydrogens is 1010 g/mol. The lowest BCUT2D eigenvalue weighted by molar-refractivity contribution is 0.0208. The van der Waals surface area contributed by atoms with Crippen molar-refractivity contribution in [3.8, 4) is 67.3 Å². The molecule has 4 aromatic carbocycles. The molecule has 12 rings (SSSR count). The summed E-state index contributed by atoms with van der Waals surface area (Å²) in [5.74, 6) is 4.41. The van der Waals surface area contributed by atoms with Crippen LogP contribution in [-0.4, -0.2) is 92.7 Å². The van der Waals surface area contributed by atoms with Gasteiger partial charge < -0.3 is 34.7 Å². The minimum Gasteiger partial charge on any atom is -0.444 e. The van der Waals surface area contributed by atoms with E-state index in [1.807, 2.05) is 60.9 Å². The third kappa shape index (κ3) is 12.9. The van der Waals surface area contributed by atoms with Crippen molar-refractivity contribution in [2.75, 3.05) is 19.6 Å². The van der Waals surface area contributed by atoms with Crippen LogP contribution in [-0.2, 0) is 9.47 Å². The average Bonchev–Trinajstić information content (AvgIpc) is 4.33. The molecule has 5 N–H and O–H groups in total. The highest BCUT2D eigenvalue weighted by atomic mass is 16.6. The van der Waals surface area contributed by atoms with E-state index in [1.165, 1.54) is 48.8 Å². The Labute approximate surface area is 477 Å². The van der Waals surface area contributed by atoms with Crippen LogP contribution in [0, 0.1) is 13.8 Å². The molecule has 0 bridgehead atoms. The summed E-state index contributed by atoms with van der Waals surface area (Å²) < 4.78 is 11.3. The van der Waals surface area contributed by atoms with Crippen molar-refractivity contribution < 1.29 is 19.1 Å². The van der Waals surface area contributed by atoms with Crippen LogP contribution < -0.4 is 5.32 Å². The van der Waals surface area contributed by atoms with Gasteiger partial charge in [-0.2, -0.15) is 0 Å². The number of benzene rings is 4. The molecule has 7 heterocycles. The van der Waals surface area contributed by atoms with Crippen molar-refractivity contribution in [2.24, 2.45) is 0 Å². The van der Waals surface area contributed by atoms with Gasteiger partial charge >= 0.3 is 12.2 Å². The van der Waals surface area contributed by atoms with Crippen LogP contribution in [0.25, 0.3) is 67.3 Å². The van der Waals surface area contributed by atoms with Gasteiger partial charge in [-0.3, -0.25) is 9.80 Å². The number of likely N-dealkylation sites (tertiary alicyclic amines) is 2. The molecule has 8 aromatic rings. The van der Waals surface area contributed by atoms with E-state index in [-0.39, 0.29) is 31.7 Å². The molecule has 4 fully saturated rings. The van der Waals surface area contributed by atoms with E-state index < -0.39 is 11.2 Å². The third-order valence-electron chi connectivity index (χ3n) is 15.9. The molecule has 0 unspecified atom stereocenters. The number of nitrogens with zero attached hydrogens (tertiary/aromatic N) is 6. The van der Waals surface area contributed by atoms with Crippen LogP contribution in [0.1, 0.15) is 172 Å². The molecule has 15 heteroatoms. The summed E-state index contributed by atoms with van der Waals surface area (Å²) in [5.41, 5.74) is 14.0. The van der Waals surface area contributed by atoms with Crippen molar-refractivity contribution in [2.45, 2.75) is 162 Å². The van der Waals surface area contributed by atoms with E-state index in [0.717, 1.165) is 124 Å². The van der Waals surface area contributed by atoms with Gasteiger partial charge in [0.25, 0.3) is 0 Å². The van der Waals surface area contributed by atoms with Crippen molar-refractivity contribution >= 4 is 12.2 Å². The van der Waals surface area contributed by atoms with E-state index in [1.54, 1.807) is 9.80 Å². The maximum Gasteiger partial charge on any atom is 0.410 e. The molecule has 3 aliphatic heterocycles. The van der Waals surface area contributed by atoms with E-state index >= 15 is 0 Å². The van der Waals surface area contributed by atoms with Crippen molar-refractivity contribution in [1.82, 2.24) is 55.0 Å². The Morgan fingerprint density at radius 2 is 0.864 bits per heavy atom. The topological polar surface area (TPSA) is 186 Å². The summed E-state index contributed by atoms with van der Waals surface area (Å²) >= 11 is 0. The second-order valence-electron chi connectivity index (χ2n) is 24.2. The van der Waals surface area contributed by atoms with Crippen molar-refractivity contribution in [1.29, 1.82) is 0 Å². The Morgan fingerprint density at radius 1 is 0.469 bits per heavy atom. The van der Waals surface area contributed by atoms with Crippen LogP contribution in [0.15, 0.2) is 109 Å². The fraction of sp³-hybridized carbons (Fsp3) is 0.424. The molecule has 0 radical (unpaired) electrons. The maximum atomic E-state index is 12.8. The number of ether oxygens (including phenoxy) is 2. The van der Waals surface area contributed by atoms with Crippen molar-refractivity contribution in [3.63, 3.8) is 0 Å². The first kappa shape index (κ1) is 56.5. The summed E-state index contributed by atoms with van der Waals surface area (Å²) in [5, 5.41) is 3.53. The van der Waals surface area contributed by atoms with Crippen LogP contribution in [0.2, 0.25) is 0 Å². The fourth-order valence-corrected chi connectivity index (χ4v) is 11.8. The first-order valence-corrected chi connectivity index (χ1v) is 28.9. The monoisotopic (exact) mass is 1090 g/mol. The summed E-state index contributed by atoms with van der Waals surface area (Å²) in [6, 6.07) is 34.4. The number of H-pyrrole nitrogens is 4. The Balaban J connectivity index is 0.000000190. The second kappa shape index (κ2) is 23.7. The number of amides is 2. The molecule has 4 aliphatic rings. The molecule has 15 nitrogen and oxygen atoms in total. The zero-order valence-corrected chi connectivity index (χ0v) is 47.7. The number of hydrogen-bond donors (Lipinski definition) is 5. The molecule has 1 aliphatic carbocycles. The maximum absolute atomic E-state index is 12.8. The average molecular weight is 1090 g/mol. The molecule has 81 heavy (non-hydrogen) atoms. The lowest BCUT2D eigenvalue weighted by atomic mass is 10.0. The molecule has 1 saturated carbocycles. The summed E-state index contributed by atoms with van der Waals surface area (Å²) in [6.07, 6.45) is 14.3. The van der Waals surface area contributed by atoms with Gasteiger partial charge in [-0.1, -0.05) is 117 Å². The van der Waals surface area contributed by atoms with E-state index in [0.29, 0.717) is 25.0 Å².